The summed E-state index contributed by atoms with van der Waals surface area (Å²) < 4.78 is 13.7. The van der Waals surface area contributed by atoms with Crippen LogP contribution in [0.4, 0.5) is 26.6 Å². The molecule has 1 aliphatic heterocycles. The molecule has 2 aromatic carbocycles. The largest absolute Gasteiger partial charge is 0.394 e. The second kappa shape index (κ2) is 8.31. The number of aryl methyl sites for hydroxylation is 2. The van der Waals surface area contributed by atoms with E-state index in [1.807, 2.05) is 38.1 Å². The fraction of sp³-hybridized carbons (Fsp3) is 0.261. The molecule has 0 radical (unpaired) electrons. The first-order valence-electron chi connectivity index (χ1n) is 10.1. The predicted octanol–water partition coefficient (Wildman–Crippen LogP) is 4.05. The van der Waals surface area contributed by atoms with Crippen LogP contribution in [0.25, 0.3) is 11.3 Å². The van der Waals surface area contributed by atoms with Gasteiger partial charge in [-0.3, -0.25) is 0 Å². The monoisotopic (exact) mass is 421 g/mol. The zero-order valence-electron chi connectivity index (χ0n) is 17.6. The molecule has 1 atom stereocenters. The molecule has 0 saturated heterocycles. The number of fused-ring (bicyclic) bond motifs is 1. The standard InChI is InChI=1S/C23H24FN5O2/c1-13-6-4-5-7-19(13)29-21-18(11-25-23(29)31)20(17-9-8-16(24)10-14(17)2)27-22(28-21)26-15(3)12-30/h4-10,15,30H,11-12H2,1-3H3,(H,25,31)(H,26,27,28)/t15-/m0/s1. The summed E-state index contributed by atoms with van der Waals surface area (Å²) in [5, 5.41) is 15.4. The summed E-state index contributed by atoms with van der Waals surface area (Å²) in [6, 6.07) is 11.5. The maximum absolute atomic E-state index is 13.7. The van der Waals surface area contributed by atoms with Crippen molar-refractivity contribution in [1.29, 1.82) is 0 Å². The van der Waals surface area contributed by atoms with E-state index in [1.54, 1.807) is 13.0 Å². The lowest BCUT2D eigenvalue weighted by Gasteiger charge is -2.31. The highest BCUT2D eigenvalue weighted by Crippen LogP contribution is 2.38. The first-order chi connectivity index (χ1) is 14.9. The van der Waals surface area contributed by atoms with Crippen molar-refractivity contribution >= 4 is 23.5 Å². The highest BCUT2D eigenvalue weighted by molar-refractivity contribution is 6.02. The number of halogens is 1. The van der Waals surface area contributed by atoms with Gasteiger partial charge in [-0.2, -0.15) is 4.98 Å². The molecule has 0 fully saturated rings. The highest BCUT2D eigenvalue weighted by Gasteiger charge is 2.31. The Labute approximate surface area is 180 Å². The van der Waals surface area contributed by atoms with E-state index in [-0.39, 0.29) is 37.0 Å². The third kappa shape index (κ3) is 3.94. The van der Waals surface area contributed by atoms with Crippen LogP contribution in [0.5, 0.6) is 0 Å². The molecule has 7 nitrogen and oxygen atoms in total. The average molecular weight is 421 g/mol. The van der Waals surface area contributed by atoms with Gasteiger partial charge in [0.1, 0.15) is 5.82 Å². The van der Waals surface area contributed by atoms with Gasteiger partial charge in [-0.25, -0.2) is 19.1 Å². The Balaban J connectivity index is 1.96. The van der Waals surface area contributed by atoms with Gasteiger partial charge in [0, 0.05) is 17.2 Å². The molecule has 0 bridgehead atoms. The summed E-state index contributed by atoms with van der Waals surface area (Å²) in [4.78, 5) is 23.8. The fourth-order valence-electron chi connectivity index (χ4n) is 3.64. The third-order valence-corrected chi connectivity index (χ3v) is 5.27. The molecule has 0 spiro atoms. The molecule has 2 amide bonds. The molecule has 160 valence electrons. The van der Waals surface area contributed by atoms with Crippen molar-refractivity contribution in [1.82, 2.24) is 15.3 Å². The number of para-hydroxylation sites is 1. The summed E-state index contributed by atoms with van der Waals surface area (Å²) in [6.45, 7) is 5.69. The van der Waals surface area contributed by atoms with Crippen molar-refractivity contribution in [3.8, 4) is 11.3 Å². The highest BCUT2D eigenvalue weighted by atomic mass is 19.1. The van der Waals surface area contributed by atoms with Crippen LogP contribution in [0.3, 0.4) is 0 Å². The van der Waals surface area contributed by atoms with E-state index in [4.69, 9.17) is 0 Å². The van der Waals surface area contributed by atoms with Crippen LogP contribution >= 0.6 is 0 Å². The zero-order valence-corrected chi connectivity index (χ0v) is 17.6. The van der Waals surface area contributed by atoms with E-state index in [0.717, 1.165) is 22.3 Å². The van der Waals surface area contributed by atoms with Gasteiger partial charge in [0.05, 0.1) is 24.5 Å². The lowest BCUT2D eigenvalue weighted by molar-refractivity contribution is 0.246. The lowest BCUT2D eigenvalue weighted by atomic mass is 10.00. The number of carbonyl (C=O) groups is 1. The topological polar surface area (TPSA) is 90.4 Å². The molecule has 3 N–H and O–H groups in total. The number of anilines is 3. The van der Waals surface area contributed by atoms with Gasteiger partial charge >= 0.3 is 6.03 Å². The number of aliphatic hydroxyl groups is 1. The quantitative estimate of drug-likeness (QED) is 0.578. The van der Waals surface area contributed by atoms with E-state index in [9.17, 15) is 14.3 Å². The SMILES string of the molecule is Cc1cc(F)ccc1-c1nc(N[C@@H](C)CO)nc2c1CNC(=O)N2c1ccccc1C. The predicted molar refractivity (Wildman–Crippen MR) is 118 cm³/mol. The number of carbonyl (C=O) groups excluding carboxylic acids is 1. The molecule has 3 aromatic rings. The van der Waals surface area contributed by atoms with Gasteiger partial charge < -0.3 is 15.7 Å². The van der Waals surface area contributed by atoms with Gasteiger partial charge in [-0.1, -0.05) is 18.2 Å². The van der Waals surface area contributed by atoms with Gasteiger partial charge in [0.2, 0.25) is 5.95 Å². The molecule has 31 heavy (non-hydrogen) atoms. The summed E-state index contributed by atoms with van der Waals surface area (Å²) in [6.07, 6.45) is 0. The lowest BCUT2D eigenvalue weighted by Crippen LogP contribution is -2.42. The third-order valence-electron chi connectivity index (χ3n) is 5.27. The molecule has 1 aromatic heterocycles. The van der Waals surface area contributed by atoms with Crippen LogP contribution in [-0.4, -0.2) is 33.8 Å². The smallest absolute Gasteiger partial charge is 0.328 e. The Morgan fingerprint density at radius 1 is 1.19 bits per heavy atom. The number of nitrogens with one attached hydrogen (secondary N) is 2. The van der Waals surface area contributed by atoms with E-state index < -0.39 is 0 Å². The number of rotatable bonds is 5. The second-order valence-corrected chi connectivity index (χ2v) is 7.67. The van der Waals surface area contributed by atoms with Crippen molar-refractivity contribution in [2.45, 2.75) is 33.4 Å². The fourth-order valence-corrected chi connectivity index (χ4v) is 3.64. The van der Waals surface area contributed by atoms with Crippen LogP contribution in [-0.2, 0) is 6.54 Å². The average Bonchev–Trinajstić information content (AvgIpc) is 2.74. The Kier molecular flexibility index (Phi) is 5.56. The second-order valence-electron chi connectivity index (χ2n) is 7.67. The van der Waals surface area contributed by atoms with Gasteiger partial charge in [0.15, 0.2) is 5.82 Å². The zero-order chi connectivity index (χ0) is 22.1. The maximum atomic E-state index is 13.7. The number of hydrogen-bond acceptors (Lipinski definition) is 5. The van der Waals surface area contributed by atoms with Crippen LogP contribution in [0.15, 0.2) is 42.5 Å². The van der Waals surface area contributed by atoms with Crippen molar-refractivity contribution in [2.24, 2.45) is 0 Å². The summed E-state index contributed by atoms with van der Waals surface area (Å²) >= 11 is 0. The molecule has 8 heteroatoms. The number of aromatic nitrogens is 2. The Hall–Kier alpha value is -3.52. The van der Waals surface area contributed by atoms with Crippen LogP contribution in [0, 0.1) is 19.7 Å². The number of nitrogens with zero attached hydrogens (tertiary/aromatic N) is 3. The van der Waals surface area contributed by atoms with Crippen LogP contribution in [0.1, 0.15) is 23.6 Å². The van der Waals surface area contributed by atoms with E-state index in [1.165, 1.54) is 17.0 Å². The summed E-state index contributed by atoms with van der Waals surface area (Å²) in [5.74, 6) is 0.415. The minimum absolute atomic E-state index is 0.104. The minimum atomic E-state index is -0.328. The molecule has 1 aliphatic rings. The molecule has 0 saturated carbocycles. The minimum Gasteiger partial charge on any atom is -0.394 e. The number of amides is 2. The molecular formula is C23H24FN5O2. The Morgan fingerprint density at radius 2 is 1.97 bits per heavy atom. The first kappa shape index (κ1) is 20.7. The van der Waals surface area contributed by atoms with E-state index in [0.29, 0.717) is 17.2 Å². The molecule has 2 heterocycles. The molecule has 0 unspecified atom stereocenters. The van der Waals surface area contributed by atoms with Crippen LogP contribution in [0.2, 0.25) is 0 Å². The van der Waals surface area contributed by atoms with Crippen molar-refractivity contribution < 1.29 is 14.3 Å². The summed E-state index contributed by atoms with van der Waals surface area (Å²) in [7, 11) is 0. The number of hydrogen-bond donors (Lipinski definition) is 3. The maximum Gasteiger partial charge on any atom is 0.328 e. The number of benzene rings is 2. The first-order valence-corrected chi connectivity index (χ1v) is 10.1. The number of urea groups is 1. The van der Waals surface area contributed by atoms with E-state index in [2.05, 4.69) is 20.6 Å². The molecular weight excluding hydrogens is 397 g/mol. The molecule has 4 rings (SSSR count). The van der Waals surface area contributed by atoms with Crippen molar-refractivity contribution in [3.05, 3.63) is 65.0 Å². The normalized spacial score (nSPS) is 14.1. The van der Waals surface area contributed by atoms with Crippen molar-refractivity contribution in [2.75, 3.05) is 16.8 Å². The van der Waals surface area contributed by atoms with Crippen LogP contribution < -0.4 is 15.5 Å². The van der Waals surface area contributed by atoms with E-state index >= 15 is 0 Å². The van der Waals surface area contributed by atoms with Crippen molar-refractivity contribution in [3.63, 3.8) is 0 Å². The number of aliphatic hydroxyl groups excluding tert-OH is 1. The Morgan fingerprint density at radius 3 is 2.68 bits per heavy atom. The van der Waals surface area contributed by atoms with Gasteiger partial charge in [-0.15, -0.1) is 0 Å². The van der Waals surface area contributed by atoms with Gasteiger partial charge in [0.25, 0.3) is 0 Å². The Bertz CT molecular complexity index is 1150. The van der Waals surface area contributed by atoms with Gasteiger partial charge in [-0.05, 0) is 56.2 Å². The molecule has 0 aliphatic carbocycles. The summed E-state index contributed by atoms with van der Waals surface area (Å²) in [5.41, 5.74) is 4.44.